The smallest absolute Gasteiger partial charge is 0.0618 e. The van der Waals surface area contributed by atoms with Crippen molar-refractivity contribution in [3.63, 3.8) is 0 Å². The number of hydrogen-bond acceptors (Lipinski definition) is 2. The molecule has 1 aromatic rings. The third-order valence-corrected chi connectivity index (χ3v) is 3.90. The third-order valence-electron chi connectivity index (χ3n) is 3.90. The summed E-state index contributed by atoms with van der Waals surface area (Å²) in [5.74, 6) is 0.830. The van der Waals surface area contributed by atoms with Crippen LogP contribution in [0.2, 0.25) is 0 Å². The van der Waals surface area contributed by atoms with Crippen LogP contribution in [0.4, 0.5) is 0 Å². The molecular formula is C16H25NO. The maximum Gasteiger partial charge on any atom is 0.0618 e. The van der Waals surface area contributed by atoms with Crippen LogP contribution >= 0.6 is 0 Å². The van der Waals surface area contributed by atoms with E-state index < -0.39 is 0 Å². The molecule has 2 nitrogen and oxygen atoms in total. The Kier molecular flexibility index (Phi) is 4.41. The van der Waals surface area contributed by atoms with Crippen LogP contribution in [0.25, 0.3) is 0 Å². The average Bonchev–Trinajstić information content (AvgIpc) is 3.20. The van der Waals surface area contributed by atoms with Gasteiger partial charge < -0.3 is 10.1 Å². The summed E-state index contributed by atoms with van der Waals surface area (Å²) >= 11 is 0. The Hall–Kier alpha value is -0.860. The molecule has 100 valence electrons. The van der Waals surface area contributed by atoms with E-state index in [0.717, 1.165) is 19.1 Å². The Labute approximate surface area is 111 Å². The van der Waals surface area contributed by atoms with Crippen LogP contribution in [0, 0.1) is 5.92 Å². The third kappa shape index (κ3) is 3.56. The summed E-state index contributed by atoms with van der Waals surface area (Å²) in [5.41, 5.74) is 1.56. The van der Waals surface area contributed by atoms with Gasteiger partial charge in [-0.15, -0.1) is 0 Å². The molecule has 18 heavy (non-hydrogen) atoms. The number of hydrogen-bond donors (Lipinski definition) is 1. The largest absolute Gasteiger partial charge is 0.383 e. The zero-order chi connectivity index (χ0) is 13.0. The van der Waals surface area contributed by atoms with Gasteiger partial charge >= 0.3 is 0 Å². The summed E-state index contributed by atoms with van der Waals surface area (Å²) in [4.78, 5) is 0. The summed E-state index contributed by atoms with van der Waals surface area (Å²) in [6.07, 6.45) is 2.71. The molecule has 1 unspecified atom stereocenters. The zero-order valence-electron chi connectivity index (χ0n) is 11.8. The average molecular weight is 247 g/mol. The van der Waals surface area contributed by atoms with E-state index in [9.17, 15) is 0 Å². The molecule has 1 aliphatic rings. The zero-order valence-corrected chi connectivity index (χ0v) is 11.8. The maximum absolute atomic E-state index is 5.31. The molecule has 0 aromatic heterocycles. The normalized spacial score (nSPS) is 17.7. The molecule has 2 heteroatoms. The molecule has 0 saturated heterocycles. The Bertz CT molecular complexity index is 357. The molecule has 0 radical (unpaired) electrons. The summed E-state index contributed by atoms with van der Waals surface area (Å²) < 4.78 is 5.31. The minimum absolute atomic E-state index is 0.169. The summed E-state index contributed by atoms with van der Waals surface area (Å²) in [6.45, 7) is 6.43. The molecule has 2 rings (SSSR count). The summed E-state index contributed by atoms with van der Waals surface area (Å²) in [5, 5.41) is 3.70. The van der Waals surface area contributed by atoms with Crippen LogP contribution in [-0.4, -0.2) is 26.3 Å². The maximum atomic E-state index is 5.31. The Morgan fingerprint density at radius 3 is 2.50 bits per heavy atom. The van der Waals surface area contributed by atoms with Gasteiger partial charge in [0.05, 0.1) is 6.61 Å². The molecule has 0 amide bonds. The number of rotatable bonds is 7. The van der Waals surface area contributed by atoms with Crippen LogP contribution < -0.4 is 5.32 Å². The molecule has 0 spiro atoms. The Morgan fingerprint density at radius 1 is 1.28 bits per heavy atom. The van der Waals surface area contributed by atoms with Gasteiger partial charge in [-0.2, -0.15) is 0 Å². The number of methoxy groups -OCH3 is 1. The van der Waals surface area contributed by atoms with E-state index in [2.05, 4.69) is 49.5 Å². The van der Waals surface area contributed by atoms with Gasteiger partial charge in [-0.05, 0) is 24.3 Å². The minimum Gasteiger partial charge on any atom is -0.383 e. The van der Waals surface area contributed by atoms with Crippen molar-refractivity contribution >= 4 is 0 Å². The van der Waals surface area contributed by atoms with Crippen molar-refractivity contribution in [1.82, 2.24) is 5.32 Å². The quantitative estimate of drug-likeness (QED) is 0.800. The fourth-order valence-corrected chi connectivity index (χ4v) is 2.42. The Balaban J connectivity index is 1.91. The fraction of sp³-hybridized carbons (Fsp3) is 0.625. The fourth-order valence-electron chi connectivity index (χ4n) is 2.42. The van der Waals surface area contributed by atoms with E-state index in [0.29, 0.717) is 6.04 Å². The lowest BCUT2D eigenvalue weighted by molar-refractivity contribution is 0.154. The molecule has 1 fully saturated rings. The number of nitrogens with one attached hydrogen (secondary N) is 1. The van der Waals surface area contributed by atoms with Gasteiger partial charge in [0.25, 0.3) is 0 Å². The number of benzene rings is 1. The summed E-state index contributed by atoms with van der Waals surface area (Å²) in [6, 6.07) is 11.3. The Morgan fingerprint density at radius 2 is 1.94 bits per heavy atom. The lowest BCUT2D eigenvalue weighted by atomic mass is 9.84. The highest BCUT2D eigenvalue weighted by molar-refractivity contribution is 5.23. The second kappa shape index (κ2) is 5.85. The molecule has 0 aliphatic heterocycles. The highest BCUT2D eigenvalue weighted by atomic mass is 16.5. The van der Waals surface area contributed by atoms with E-state index in [1.165, 1.54) is 18.4 Å². The lowest BCUT2D eigenvalue weighted by Gasteiger charge is -2.29. The van der Waals surface area contributed by atoms with Crippen molar-refractivity contribution in [3.05, 3.63) is 35.9 Å². The van der Waals surface area contributed by atoms with Gasteiger partial charge in [-0.3, -0.25) is 0 Å². The van der Waals surface area contributed by atoms with E-state index in [4.69, 9.17) is 4.74 Å². The first-order chi connectivity index (χ1) is 8.63. The van der Waals surface area contributed by atoms with Crippen molar-refractivity contribution < 1.29 is 4.74 Å². The topological polar surface area (TPSA) is 21.3 Å². The van der Waals surface area contributed by atoms with Crippen LogP contribution in [0.3, 0.4) is 0 Å². The van der Waals surface area contributed by atoms with Crippen LogP contribution in [-0.2, 0) is 10.2 Å². The van der Waals surface area contributed by atoms with Crippen LogP contribution in [0.5, 0.6) is 0 Å². The molecule has 1 saturated carbocycles. The van der Waals surface area contributed by atoms with Crippen molar-refractivity contribution in [3.8, 4) is 0 Å². The van der Waals surface area contributed by atoms with Gasteiger partial charge in [0.2, 0.25) is 0 Å². The molecule has 1 aliphatic carbocycles. The molecule has 1 atom stereocenters. The van der Waals surface area contributed by atoms with E-state index in [-0.39, 0.29) is 5.41 Å². The number of ether oxygens (including phenoxy) is 1. The first-order valence-electron chi connectivity index (χ1n) is 6.91. The van der Waals surface area contributed by atoms with Crippen molar-refractivity contribution in [2.45, 2.75) is 38.1 Å². The molecule has 0 heterocycles. The second-order valence-electron chi connectivity index (χ2n) is 6.03. The first-order valence-corrected chi connectivity index (χ1v) is 6.91. The van der Waals surface area contributed by atoms with Gasteiger partial charge in [-0.25, -0.2) is 0 Å². The van der Waals surface area contributed by atoms with Crippen molar-refractivity contribution in [2.24, 2.45) is 5.92 Å². The summed E-state index contributed by atoms with van der Waals surface area (Å²) in [7, 11) is 1.79. The highest BCUT2D eigenvalue weighted by Gasteiger charge is 2.32. The van der Waals surface area contributed by atoms with E-state index in [1.54, 1.807) is 7.11 Å². The van der Waals surface area contributed by atoms with Crippen LogP contribution in [0.1, 0.15) is 32.3 Å². The standard InChI is InChI=1S/C16H25NO/c1-16(2,14-7-5-4-6-8-14)12-17-15(11-18-3)13-9-10-13/h4-8,13,15,17H,9-12H2,1-3H3. The predicted molar refractivity (Wildman–Crippen MR) is 75.9 cm³/mol. The minimum atomic E-state index is 0.169. The lowest BCUT2D eigenvalue weighted by Crippen LogP contribution is -2.42. The molecule has 1 N–H and O–H groups in total. The molecule has 1 aromatic carbocycles. The van der Waals surface area contributed by atoms with Gasteiger partial charge in [0, 0.05) is 25.1 Å². The molecule has 0 bridgehead atoms. The molecular weight excluding hydrogens is 222 g/mol. The van der Waals surface area contributed by atoms with Crippen LogP contribution in [0.15, 0.2) is 30.3 Å². The van der Waals surface area contributed by atoms with Gasteiger partial charge in [0.15, 0.2) is 0 Å². The van der Waals surface area contributed by atoms with E-state index in [1.807, 2.05) is 0 Å². The van der Waals surface area contributed by atoms with E-state index >= 15 is 0 Å². The monoisotopic (exact) mass is 247 g/mol. The van der Waals surface area contributed by atoms with Crippen molar-refractivity contribution in [2.75, 3.05) is 20.3 Å². The highest BCUT2D eigenvalue weighted by Crippen LogP contribution is 2.33. The van der Waals surface area contributed by atoms with Gasteiger partial charge in [0.1, 0.15) is 0 Å². The van der Waals surface area contributed by atoms with Gasteiger partial charge in [-0.1, -0.05) is 44.2 Å². The second-order valence-corrected chi connectivity index (χ2v) is 6.03. The first kappa shape index (κ1) is 13.6. The SMILES string of the molecule is COCC(NCC(C)(C)c1ccccc1)C1CC1. The van der Waals surface area contributed by atoms with Crippen molar-refractivity contribution in [1.29, 1.82) is 0 Å². The predicted octanol–water partition coefficient (Wildman–Crippen LogP) is 2.98.